The topological polar surface area (TPSA) is 112 Å². The fraction of sp³-hybridized carbons (Fsp3) is 0.545. The molecule has 0 saturated carbocycles. The van der Waals surface area contributed by atoms with Gasteiger partial charge in [-0.2, -0.15) is 0 Å². The average molecular weight is 619 g/mol. The van der Waals surface area contributed by atoms with Gasteiger partial charge in [0.1, 0.15) is 16.5 Å². The Kier molecular flexibility index (Phi) is 9.53. The highest BCUT2D eigenvalue weighted by atomic mass is 32.1. The highest BCUT2D eigenvalue weighted by molar-refractivity contribution is 7.12. The number of rotatable bonds is 10. The molecule has 1 atom stereocenters. The normalized spacial score (nSPS) is 19.9. The van der Waals surface area contributed by atoms with Crippen molar-refractivity contribution in [1.29, 1.82) is 0 Å². The van der Waals surface area contributed by atoms with Crippen LogP contribution in [0.5, 0.6) is 0 Å². The summed E-state index contributed by atoms with van der Waals surface area (Å²) in [5, 5.41) is 10.1. The van der Waals surface area contributed by atoms with Crippen molar-refractivity contribution in [1.82, 2.24) is 19.9 Å². The number of aromatic nitrogens is 3. The third-order valence-corrected chi connectivity index (χ3v) is 10.3. The van der Waals surface area contributed by atoms with E-state index in [9.17, 15) is 14.7 Å². The van der Waals surface area contributed by atoms with E-state index in [0.29, 0.717) is 43.5 Å². The number of hydrogen-bond acceptors (Lipinski definition) is 10. The monoisotopic (exact) mass is 618 g/mol. The van der Waals surface area contributed by atoms with Gasteiger partial charge in [-0.15, -0.1) is 11.3 Å². The molecule has 6 rings (SSSR count). The van der Waals surface area contributed by atoms with Crippen LogP contribution in [-0.4, -0.2) is 88.7 Å². The number of carbonyl (C=O) groups excluding carboxylic acids is 1. The molecular formula is C33H42N6O4S. The van der Waals surface area contributed by atoms with Crippen molar-refractivity contribution in [2.24, 2.45) is 5.92 Å². The molecular weight excluding hydrogens is 576 g/mol. The molecule has 0 bridgehead atoms. The highest BCUT2D eigenvalue weighted by Crippen LogP contribution is 2.35. The molecule has 0 radical (unpaired) electrons. The number of Topliss-reactive ketones (excluding diaryl/α,β-unsaturated/α-hetero) is 1. The van der Waals surface area contributed by atoms with Gasteiger partial charge in [-0.25, -0.2) is 15.0 Å². The van der Waals surface area contributed by atoms with Crippen LogP contribution in [0.2, 0.25) is 0 Å². The average Bonchev–Trinajstić information content (AvgIpc) is 3.68. The SMILES string of the molecule is CC[C@@H]1CCCN1Cc1sc(CC(=O)c2cnc(N3CCC(C(=O)O)CC3)cn2)nc1-c1ccc(N2CCOCC2)c(C)c1. The van der Waals surface area contributed by atoms with Crippen LogP contribution in [0.4, 0.5) is 11.5 Å². The van der Waals surface area contributed by atoms with Gasteiger partial charge >= 0.3 is 5.97 Å². The smallest absolute Gasteiger partial charge is 0.306 e. The number of carboxylic acid groups (broad SMARTS) is 1. The molecule has 10 nitrogen and oxygen atoms in total. The Morgan fingerprint density at radius 1 is 1.02 bits per heavy atom. The lowest BCUT2D eigenvalue weighted by Crippen LogP contribution is -2.36. The van der Waals surface area contributed by atoms with Crippen molar-refractivity contribution in [3.8, 4) is 11.3 Å². The molecule has 11 heteroatoms. The van der Waals surface area contributed by atoms with Gasteiger partial charge in [0.05, 0.1) is 43.6 Å². The minimum absolute atomic E-state index is 0.105. The Morgan fingerprint density at radius 3 is 2.50 bits per heavy atom. The van der Waals surface area contributed by atoms with Crippen LogP contribution in [0.1, 0.15) is 65.0 Å². The molecule has 1 aromatic carbocycles. The number of ether oxygens (including phenoxy) is 1. The van der Waals surface area contributed by atoms with Gasteiger partial charge in [-0.3, -0.25) is 14.5 Å². The Labute approximate surface area is 263 Å². The number of thiazole rings is 1. The number of aliphatic carboxylic acids is 1. The maximum atomic E-state index is 13.4. The third kappa shape index (κ3) is 6.79. The van der Waals surface area contributed by atoms with Crippen molar-refractivity contribution in [3.63, 3.8) is 0 Å². The summed E-state index contributed by atoms with van der Waals surface area (Å²) in [6.07, 6.45) is 8.10. The van der Waals surface area contributed by atoms with Gasteiger partial charge in [0.15, 0.2) is 5.78 Å². The van der Waals surface area contributed by atoms with Gasteiger partial charge in [0, 0.05) is 54.9 Å². The fourth-order valence-electron chi connectivity index (χ4n) is 6.73. The van der Waals surface area contributed by atoms with E-state index in [-0.39, 0.29) is 18.1 Å². The quantitative estimate of drug-likeness (QED) is 0.317. The lowest BCUT2D eigenvalue weighted by atomic mass is 9.97. The number of carbonyl (C=O) groups is 2. The second kappa shape index (κ2) is 13.7. The van der Waals surface area contributed by atoms with Crippen LogP contribution in [0.25, 0.3) is 11.3 Å². The van der Waals surface area contributed by atoms with Crippen LogP contribution in [0, 0.1) is 12.8 Å². The van der Waals surface area contributed by atoms with Crippen LogP contribution in [-0.2, 0) is 22.5 Å². The summed E-state index contributed by atoms with van der Waals surface area (Å²) in [4.78, 5) is 46.8. The molecule has 0 aliphatic carbocycles. The zero-order valence-electron chi connectivity index (χ0n) is 25.7. The van der Waals surface area contributed by atoms with E-state index in [1.54, 1.807) is 23.7 Å². The second-order valence-corrected chi connectivity index (χ2v) is 13.3. The number of nitrogens with zero attached hydrogens (tertiary/aromatic N) is 6. The molecule has 2 aromatic heterocycles. The molecule has 3 aliphatic heterocycles. The zero-order chi connectivity index (χ0) is 30.6. The number of hydrogen-bond donors (Lipinski definition) is 1. The summed E-state index contributed by atoms with van der Waals surface area (Å²) < 4.78 is 5.55. The number of anilines is 2. The first-order chi connectivity index (χ1) is 21.4. The molecule has 5 heterocycles. The van der Waals surface area contributed by atoms with Crippen molar-refractivity contribution >= 4 is 34.6 Å². The summed E-state index contributed by atoms with van der Waals surface area (Å²) >= 11 is 1.64. The van der Waals surface area contributed by atoms with Crippen LogP contribution >= 0.6 is 11.3 Å². The van der Waals surface area contributed by atoms with Crippen LogP contribution < -0.4 is 9.80 Å². The number of morpholine rings is 1. The van der Waals surface area contributed by atoms with E-state index in [1.807, 2.05) is 4.90 Å². The van der Waals surface area contributed by atoms with Crippen LogP contribution in [0.15, 0.2) is 30.6 Å². The Morgan fingerprint density at radius 2 is 1.82 bits per heavy atom. The molecule has 3 aromatic rings. The minimum Gasteiger partial charge on any atom is -0.481 e. The lowest BCUT2D eigenvalue weighted by molar-refractivity contribution is -0.142. The van der Waals surface area contributed by atoms with Gasteiger partial charge in [-0.1, -0.05) is 13.0 Å². The minimum atomic E-state index is -0.740. The zero-order valence-corrected chi connectivity index (χ0v) is 26.5. The Hall–Kier alpha value is -3.41. The van der Waals surface area contributed by atoms with Gasteiger partial charge < -0.3 is 19.6 Å². The van der Waals surface area contributed by atoms with E-state index < -0.39 is 5.97 Å². The largest absolute Gasteiger partial charge is 0.481 e. The number of carboxylic acids is 1. The number of benzene rings is 1. The van der Waals surface area contributed by atoms with E-state index in [2.05, 4.69) is 51.8 Å². The summed E-state index contributed by atoms with van der Waals surface area (Å²) in [7, 11) is 0. The molecule has 3 fully saturated rings. The second-order valence-electron chi connectivity index (χ2n) is 12.1. The van der Waals surface area contributed by atoms with Crippen molar-refractivity contribution in [2.75, 3.05) is 55.7 Å². The first-order valence-electron chi connectivity index (χ1n) is 15.9. The van der Waals surface area contributed by atoms with Gasteiger partial charge in [0.2, 0.25) is 0 Å². The summed E-state index contributed by atoms with van der Waals surface area (Å²) in [6.45, 7) is 10.9. The highest BCUT2D eigenvalue weighted by Gasteiger charge is 2.27. The summed E-state index contributed by atoms with van der Waals surface area (Å²) in [6, 6.07) is 7.20. The molecule has 44 heavy (non-hydrogen) atoms. The van der Waals surface area contributed by atoms with E-state index in [1.165, 1.54) is 29.0 Å². The molecule has 0 spiro atoms. The maximum Gasteiger partial charge on any atom is 0.306 e. The number of likely N-dealkylation sites (tertiary alicyclic amines) is 1. The molecule has 0 amide bonds. The van der Waals surface area contributed by atoms with E-state index in [0.717, 1.165) is 62.1 Å². The number of ketones is 1. The predicted octanol–water partition coefficient (Wildman–Crippen LogP) is 4.85. The first-order valence-corrected chi connectivity index (χ1v) is 16.7. The standard InChI is InChI=1S/C33H42N6O4S/c1-3-25-5-4-10-39(25)21-29-32(24-6-7-27(22(2)17-24)37-13-15-43-16-14-37)36-31(44-29)18-28(40)26-19-35-30(20-34-26)38-11-8-23(9-12-38)33(41)42/h6-7,17,19-20,23,25H,3-5,8-16,18,21H2,1-2H3,(H,41,42)/t25-/m1/s1. The van der Waals surface area contributed by atoms with E-state index >= 15 is 0 Å². The van der Waals surface area contributed by atoms with E-state index in [4.69, 9.17) is 9.72 Å². The van der Waals surface area contributed by atoms with Gasteiger partial charge in [-0.05, 0) is 63.3 Å². The molecule has 3 saturated heterocycles. The predicted molar refractivity (Wildman–Crippen MR) is 172 cm³/mol. The molecule has 3 aliphatic rings. The van der Waals surface area contributed by atoms with Gasteiger partial charge in [0.25, 0.3) is 0 Å². The molecule has 1 N–H and O–H groups in total. The third-order valence-electron chi connectivity index (χ3n) is 9.28. The van der Waals surface area contributed by atoms with Crippen LogP contribution in [0.3, 0.4) is 0 Å². The summed E-state index contributed by atoms with van der Waals surface area (Å²) in [5.74, 6) is -0.475. The Bertz CT molecular complexity index is 1460. The molecule has 0 unspecified atom stereocenters. The lowest BCUT2D eigenvalue weighted by Gasteiger charge is -2.30. The van der Waals surface area contributed by atoms with Crippen molar-refractivity contribution in [3.05, 3.63) is 51.7 Å². The summed E-state index contributed by atoms with van der Waals surface area (Å²) in [5.41, 5.74) is 4.85. The van der Waals surface area contributed by atoms with Crippen molar-refractivity contribution in [2.45, 2.75) is 65.0 Å². The number of aryl methyl sites for hydroxylation is 1. The fourth-order valence-corrected chi connectivity index (χ4v) is 7.85. The number of piperidine rings is 1. The molecule has 234 valence electrons. The first kappa shape index (κ1) is 30.6. The maximum absolute atomic E-state index is 13.4. The van der Waals surface area contributed by atoms with Crippen molar-refractivity contribution < 1.29 is 19.4 Å². The Balaban J connectivity index is 1.20.